The van der Waals surface area contributed by atoms with Gasteiger partial charge in [-0.2, -0.15) is 0 Å². The fraction of sp³-hybridized carbons (Fsp3) is 0.632. The number of carbonyl (C=O) groups excluding carboxylic acids is 1. The van der Waals surface area contributed by atoms with Crippen molar-refractivity contribution < 1.29 is 27.4 Å². The third-order valence-corrected chi connectivity index (χ3v) is 6.20. The van der Waals surface area contributed by atoms with Gasteiger partial charge in [-0.1, -0.05) is 0 Å². The fourth-order valence-corrected chi connectivity index (χ4v) is 4.11. The van der Waals surface area contributed by atoms with Gasteiger partial charge >= 0.3 is 5.97 Å². The highest BCUT2D eigenvalue weighted by molar-refractivity contribution is 7.92. The zero-order valence-electron chi connectivity index (χ0n) is 16.2. The van der Waals surface area contributed by atoms with Crippen LogP contribution in [0.5, 0.6) is 5.75 Å². The topological polar surface area (TPSA) is 94.2 Å². The summed E-state index contributed by atoms with van der Waals surface area (Å²) < 4.78 is 43.2. The van der Waals surface area contributed by atoms with Gasteiger partial charge in [0.2, 0.25) is 10.0 Å². The Morgan fingerprint density at radius 3 is 2.71 bits per heavy atom. The molecule has 1 N–H and O–H groups in total. The van der Waals surface area contributed by atoms with Gasteiger partial charge in [-0.3, -0.25) is 9.62 Å². The Labute approximate surface area is 166 Å². The second-order valence-electron chi connectivity index (χ2n) is 7.19. The maximum Gasteiger partial charge on any atom is 0.341 e. The second kappa shape index (κ2) is 9.58. The first kappa shape index (κ1) is 20.9. The van der Waals surface area contributed by atoms with Crippen LogP contribution < -0.4 is 9.46 Å². The van der Waals surface area contributed by atoms with Crippen molar-refractivity contribution in [3.05, 3.63) is 23.8 Å². The molecule has 156 valence electrons. The van der Waals surface area contributed by atoms with Crippen molar-refractivity contribution in [1.82, 2.24) is 4.90 Å². The molecule has 1 heterocycles. The summed E-state index contributed by atoms with van der Waals surface area (Å²) in [5.41, 5.74) is 0.670. The van der Waals surface area contributed by atoms with Crippen LogP contribution in [-0.2, 0) is 19.5 Å². The number of ether oxygens (including phenoxy) is 3. The third-order valence-electron chi connectivity index (χ3n) is 4.82. The Morgan fingerprint density at radius 1 is 1.29 bits per heavy atom. The number of anilines is 1. The van der Waals surface area contributed by atoms with E-state index in [1.54, 1.807) is 12.1 Å². The van der Waals surface area contributed by atoms with Crippen LogP contribution in [0.2, 0.25) is 0 Å². The normalized spacial score (nSPS) is 17.9. The molecule has 0 bridgehead atoms. The van der Waals surface area contributed by atoms with Crippen molar-refractivity contribution in [1.29, 1.82) is 0 Å². The lowest BCUT2D eigenvalue weighted by molar-refractivity contribution is 0.0381. The van der Waals surface area contributed by atoms with Gasteiger partial charge in [0.25, 0.3) is 0 Å². The number of rotatable bonds is 10. The number of nitrogens with one attached hydrogen (secondary N) is 1. The van der Waals surface area contributed by atoms with Crippen LogP contribution in [0.4, 0.5) is 5.69 Å². The Hall–Kier alpha value is -1.84. The predicted octanol–water partition coefficient (Wildman–Crippen LogP) is 1.73. The molecule has 0 aromatic heterocycles. The molecule has 1 aliphatic heterocycles. The van der Waals surface area contributed by atoms with Gasteiger partial charge < -0.3 is 14.2 Å². The van der Waals surface area contributed by atoms with Crippen LogP contribution in [-0.4, -0.2) is 71.6 Å². The molecule has 1 saturated heterocycles. The zero-order chi connectivity index (χ0) is 20.0. The highest BCUT2D eigenvalue weighted by Crippen LogP contribution is 2.31. The van der Waals surface area contributed by atoms with E-state index in [1.807, 2.05) is 0 Å². The molecule has 2 aliphatic rings. The Balaban J connectivity index is 1.59. The van der Waals surface area contributed by atoms with E-state index in [1.165, 1.54) is 13.2 Å². The molecule has 0 unspecified atom stereocenters. The van der Waals surface area contributed by atoms with Gasteiger partial charge in [0.05, 0.1) is 38.4 Å². The molecule has 1 aromatic rings. The van der Waals surface area contributed by atoms with E-state index in [2.05, 4.69) is 9.62 Å². The molecule has 0 amide bonds. The summed E-state index contributed by atoms with van der Waals surface area (Å²) in [7, 11) is -2.19. The largest absolute Gasteiger partial charge is 0.492 e. The third kappa shape index (κ3) is 6.35. The number of morpholine rings is 1. The van der Waals surface area contributed by atoms with Crippen LogP contribution in [0.3, 0.4) is 0 Å². The minimum atomic E-state index is -3.49. The Bertz CT molecular complexity index is 773. The number of sulfonamides is 1. The van der Waals surface area contributed by atoms with Crippen LogP contribution in [0, 0.1) is 5.92 Å². The molecular weight excluding hydrogens is 384 g/mol. The summed E-state index contributed by atoms with van der Waals surface area (Å²) in [6.45, 7) is 4.30. The molecule has 0 atom stereocenters. The molecule has 0 spiro atoms. The molecule has 3 rings (SSSR count). The SMILES string of the molecule is COC(=O)c1ccc(NS(=O)(=O)CCCN2CCOCC2)cc1OCC1CC1. The molecule has 9 heteroatoms. The minimum Gasteiger partial charge on any atom is -0.492 e. The predicted molar refractivity (Wildman–Crippen MR) is 105 cm³/mol. The molecule has 2 fully saturated rings. The first-order valence-electron chi connectivity index (χ1n) is 9.62. The summed E-state index contributed by atoms with van der Waals surface area (Å²) in [6.07, 6.45) is 2.77. The van der Waals surface area contributed by atoms with E-state index in [4.69, 9.17) is 14.2 Å². The van der Waals surface area contributed by atoms with E-state index in [0.717, 1.165) is 32.5 Å². The number of methoxy groups -OCH3 is 1. The van der Waals surface area contributed by atoms with Crippen LogP contribution >= 0.6 is 0 Å². The van der Waals surface area contributed by atoms with Gasteiger partial charge in [0.15, 0.2) is 0 Å². The lowest BCUT2D eigenvalue weighted by Gasteiger charge is -2.26. The molecule has 1 saturated carbocycles. The van der Waals surface area contributed by atoms with Crippen molar-refractivity contribution >= 4 is 21.7 Å². The number of benzene rings is 1. The molecule has 1 aliphatic carbocycles. The smallest absolute Gasteiger partial charge is 0.341 e. The van der Waals surface area contributed by atoms with Crippen LogP contribution in [0.1, 0.15) is 29.6 Å². The quantitative estimate of drug-likeness (QED) is 0.585. The Morgan fingerprint density at radius 2 is 2.04 bits per heavy atom. The van der Waals surface area contributed by atoms with Crippen LogP contribution in [0.15, 0.2) is 18.2 Å². The van der Waals surface area contributed by atoms with Gasteiger partial charge in [0.1, 0.15) is 11.3 Å². The molecule has 8 nitrogen and oxygen atoms in total. The fourth-order valence-electron chi connectivity index (χ4n) is 3.01. The van der Waals surface area contributed by atoms with Crippen molar-refractivity contribution in [3.8, 4) is 5.75 Å². The minimum absolute atomic E-state index is 0.0291. The summed E-state index contributed by atoms with van der Waals surface area (Å²) in [5.74, 6) is 0.366. The van der Waals surface area contributed by atoms with Crippen LogP contribution in [0.25, 0.3) is 0 Å². The van der Waals surface area contributed by atoms with Gasteiger partial charge in [-0.05, 0) is 43.9 Å². The number of esters is 1. The summed E-state index contributed by atoms with van der Waals surface area (Å²) >= 11 is 0. The van der Waals surface area contributed by atoms with E-state index in [-0.39, 0.29) is 5.75 Å². The first-order chi connectivity index (χ1) is 13.5. The highest BCUT2D eigenvalue weighted by Gasteiger charge is 2.24. The highest BCUT2D eigenvalue weighted by atomic mass is 32.2. The summed E-state index contributed by atoms with van der Waals surface area (Å²) in [4.78, 5) is 14.1. The first-order valence-corrected chi connectivity index (χ1v) is 11.3. The molecular formula is C19H28N2O6S. The maximum absolute atomic E-state index is 12.4. The average molecular weight is 413 g/mol. The van der Waals surface area contributed by atoms with Gasteiger partial charge in [-0.15, -0.1) is 0 Å². The van der Waals surface area contributed by atoms with E-state index < -0.39 is 16.0 Å². The number of hydrogen-bond acceptors (Lipinski definition) is 7. The Kier molecular flexibility index (Phi) is 7.14. The number of nitrogens with zero attached hydrogens (tertiary/aromatic N) is 1. The van der Waals surface area contributed by atoms with Gasteiger partial charge in [0, 0.05) is 19.2 Å². The van der Waals surface area contributed by atoms with Crippen molar-refractivity contribution in [2.45, 2.75) is 19.3 Å². The van der Waals surface area contributed by atoms with Gasteiger partial charge in [-0.25, -0.2) is 13.2 Å². The number of carbonyl (C=O) groups is 1. The van der Waals surface area contributed by atoms with Crippen molar-refractivity contribution in [2.75, 3.05) is 57.0 Å². The standard InChI is InChI=1S/C19H28N2O6S/c1-25-19(22)17-6-5-16(13-18(17)27-14-15-3-4-15)20-28(23,24)12-2-7-21-8-10-26-11-9-21/h5-6,13,15,20H,2-4,7-12,14H2,1H3. The van der Waals surface area contributed by atoms with Crippen molar-refractivity contribution in [3.63, 3.8) is 0 Å². The van der Waals surface area contributed by atoms with E-state index in [0.29, 0.717) is 49.2 Å². The average Bonchev–Trinajstić information content (AvgIpc) is 3.51. The monoisotopic (exact) mass is 412 g/mol. The maximum atomic E-state index is 12.4. The lowest BCUT2D eigenvalue weighted by atomic mass is 10.2. The van der Waals surface area contributed by atoms with Crippen molar-refractivity contribution in [2.24, 2.45) is 5.92 Å². The second-order valence-corrected chi connectivity index (χ2v) is 9.03. The zero-order valence-corrected chi connectivity index (χ0v) is 17.0. The summed E-state index contributed by atoms with van der Waals surface area (Å²) in [6, 6.07) is 4.63. The summed E-state index contributed by atoms with van der Waals surface area (Å²) in [5, 5.41) is 0. The molecule has 1 aromatic carbocycles. The lowest BCUT2D eigenvalue weighted by Crippen LogP contribution is -2.37. The number of hydrogen-bond donors (Lipinski definition) is 1. The molecule has 28 heavy (non-hydrogen) atoms. The molecule has 0 radical (unpaired) electrons. The van der Waals surface area contributed by atoms with E-state index >= 15 is 0 Å². The van der Waals surface area contributed by atoms with E-state index in [9.17, 15) is 13.2 Å².